The van der Waals surface area contributed by atoms with E-state index in [1.165, 1.54) is 0 Å². The van der Waals surface area contributed by atoms with Crippen LogP contribution in [0.15, 0.2) is 11.4 Å². The quantitative estimate of drug-likeness (QED) is 0.739. The van der Waals surface area contributed by atoms with E-state index >= 15 is 0 Å². The summed E-state index contributed by atoms with van der Waals surface area (Å²) in [5.74, 6) is -1.33. The molecule has 0 fully saturated rings. The number of halogens is 3. The third-order valence-electron chi connectivity index (χ3n) is 1.61. The molecule has 0 unspecified atom stereocenters. The first-order valence-electron chi connectivity index (χ1n) is 3.56. The molecule has 0 aliphatic heterocycles. The predicted octanol–water partition coefficient (Wildman–Crippen LogP) is 2.29. The lowest BCUT2D eigenvalue weighted by Gasteiger charge is -2.05. The van der Waals surface area contributed by atoms with E-state index in [0.29, 0.717) is 5.39 Å². The number of fused-ring (bicyclic) bond motifs is 1. The molecule has 2 N–H and O–H groups in total. The Balaban J connectivity index is 2.70. The van der Waals surface area contributed by atoms with Gasteiger partial charge in [0.05, 0.1) is 5.39 Å². The van der Waals surface area contributed by atoms with E-state index in [4.69, 9.17) is 5.73 Å². The average Bonchev–Trinajstić information content (AvgIpc) is 2.50. The maximum Gasteiger partial charge on any atom is 0.451 e. The summed E-state index contributed by atoms with van der Waals surface area (Å²) in [7, 11) is 0. The minimum Gasteiger partial charge on any atom is -0.383 e. The van der Waals surface area contributed by atoms with E-state index < -0.39 is 12.0 Å². The van der Waals surface area contributed by atoms with Gasteiger partial charge < -0.3 is 5.73 Å². The summed E-state index contributed by atoms with van der Waals surface area (Å²) in [5.41, 5.74) is 5.35. The van der Waals surface area contributed by atoms with Crippen molar-refractivity contribution in [1.82, 2.24) is 9.97 Å². The third kappa shape index (κ3) is 1.39. The predicted molar refractivity (Wildman–Crippen MR) is 46.8 cm³/mol. The second-order valence-electron chi connectivity index (χ2n) is 2.57. The van der Waals surface area contributed by atoms with Gasteiger partial charge in [0.1, 0.15) is 10.6 Å². The standard InChI is InChI=1S/C7H4F3N3S/c8-7(9,10)6-12-4(11)3-1-2-14-5(3)13-6/h1-2H,(H2,11,12,13). The van der Waals surface area contributed by atoms with Crippen LogP contribution in [-0.4, -0.2) is 9.97 Å². The van der Waals surface area contributed by atoms with Gasteiger partial charge in [-0.3, -0.25) is 0 Å². The van der Waals surface area contributed by atoms with Crippen LogP contribution in [0.4, 0.5) is 19.0 Å². The van der Waals surface area contributed by atoms with E-state index in [0.717, 1.165) is 11.3 Å². The molecular weight excluding hydrogens is 215 g/mol. The van der Waals surface area contributed by atoms with Crippen molar-refractivity contribution < 1.29 is 13.2 Å². The number of rotatable bonds is 0. The number of hydrogen-bond donors (Lipinski definition) is 1. The molecule has 2 rings (SSSR count). The van der Waals surface area contributed by atoms with E-state index in [2.05, 4.69) is 9.97 Å². The molecule has 14 heavy (non-hydrogen) atoms. The average molecular weight is 219 g/mol. The minimum atomic E-state index is -4.55. The topological polar surface area (TPSA) is 51.8 Å². The molecule has 0 radical (unpaired) electrons. The van der Waals surface area contributed by atoms with Crippen LogP contribution in [0.1, 0.15) is 5.82 Å². The molecule has 0 aliphatic carbocycles. The molecule has 3 nitrogen and oxygen atoms in total. The minimum absolute atomic E-state index is 0.136. The van der Waals surface area contributed by atoms with Crippen molar-refractivity contribution in [2.24, 2.45) is 0 Å². The van der Waals surface area contributed by atoms with Crippen molar-refractivity contribution in [2.75, 3.05) is 5.73 Å². The number of nitrogens with two attached hydrogens (primary N) is 1. The summed E-state index contributed by atoms with van der Waals surface area (Å²) in [5, 5.41) is 2.08. The summed E-state index contributed by atoms with van der Waals surface area (Å²) in [6.45, 7) is 0. The first-order chi connectivity index (χ1) is 6.48. The molecule has 0 saturated carbocycles. The van der Waals surface area contributed by atoms with Crippen LogP contribution in [-0.2, 0) is 6.18 Å². The highest BCUT2D eigenvalue weighted by Crippen LogP contribution is 2.30. The lowest BCUT2D eigenvalue weighted by Crippen LogP contribution is -2.12. The number of aromatic nitrogens is 2. The normalized spacial score (nSPS) is 12.2. The lowest BCUT2D eigenvalue weighted by atomic mass is 10.4. The van der Waals surface area contributed by atoms with E-state index in [1.807, 2.05) is 0 Å². The lowest BCUT2D eigenvalue weighted by molar-refractivity contribution is -0.144. The fraction of sp³-hybridized carbons (Fsp3) is 0.143. The summed E-state index contributed by atoms with van der Waals surface area (Å²) < 4.78 is 36.7. The Morgan fingerprint density at radius 2 is 2.00 bits per heavy atom. The van der Waals surface area contributed by atoms with Gasteiger partial charge in [0, 0.05) is 0 Å². The largest absolute Gasteiger partial charge is 0.451 e. The first-order valence-corrected chi connectivity index (χ1v) is 4.44. The van der Waals surface area contributed by atoms with Gasteiger partial charge in [-0.25, -0.2) is 9.97 Å². The smallest absolute Gasteiger partial charge is 0.383 e. The molecule has 0 saturated heterocycles. The second-order valence-corrected chi connectivity index (χ2v) is 3.46. The van der Waals surface area contributed by atoms with Gasteiger partial charge in [0.2, 0.25) is 5.82 Å². The van der Waals surface area contributed by atoms with Gasteiger partial charge in [0.25, 0.3) is 0 Å². The van der Waals surface area contributed by atoms with Gasteiger partial charge in [-0.15, -0.1) is 11.3 Å². The molecule has 0 aromatic carbocycles. The van der Waals surface area contributed by atoms with Crippen molar-refractivity contribution in [3.8, 4) is 0 Å². The van der Waals surface area contributed by atoms with E-state index in [9.17, 15) is 13.2 Å². The Kier molecular flexibility index (Phi) is 1.84. The fourth-order valence-electron chi connectivity index (χ4n) is 1.01. The molecule has 0 amide bonds. The summed E-state index contributed by atoms with van der Waals surface area (Å²) in [4.78, 5) is 6.82. The van der Waals surface area contributed by atoms with Crippen molar-refractivity contribution in [3.63, 3.8) is 0 Å². The van der Waals surface area contributed by atoms with Crippen molar-refractivity contribution in [2.45, 2.75) is 6.18 Å². The summed E-state index contributed by atoms with van der Waals surface area (Å²) in [6, 6.07) is 1.59. The number of anilines is 1. The highest BCUT2D eigenvalue weighted by Gasteiger charge is 2.35. The number of alkyl halides is 3. The number of nitrogens with zero attached hydrogens (tertiary/aromatic N) is 2. The van der Waals surface area contributed by atoms with Crippen LogP contribution in [0.25, 0.3) is 10.2 Å². The molecule has 0 spiro atoms. The first kappa shape index (κ1) is 9.20. The molecule has 74 valence electrons. The van der Waals surface area contributed by atoms with Crippen LogP contribution in [0.2, 0.25) is 0 Å². The maximum atomic E-state index is 12.2. The number of hydrogen-bond acceptors (Lipinski definition) is 4. The Labute approximate surface area is 80.4 Å². The Morgan fingerprint density at radius 3 is 2.64 bits per heavy atom. The van der Waals surface area contributed by atoms with E-state index in [1.54, 1.807) is 11.4 Å². The zero-order valence-corrected chi connectivity index (χ0v) is 7.49. The van der Waals surface area contributed by atoms with Gasteiger partial charge in [-0.05, 0) is 11.4 Å². The van der Waals surface area contributed by atoms with Crippen molar-refractivity contribution in [1.29, 1.82) is 0 Å². The van der Waals surface area contributed by atoms with Crippen molar-refractivity contribution in [3.05, 3.63) is 17.3 Å². The highest BCUT2D eigenvalue weighted by atomic mass is 32.1. The maximum absolute atomic E-state index is 12.2. The SMILES string of the molecule is Nc1nc(C(F)(F)F)nc2sccc12. The Hall–Kier alpha value is -1.37. The molecular formula is C7H4F3N3S. The van der Waals surface area contributed by atoms with Crippen LogP contribution in [0.3, 0.4) is 0 Å². The summed E-state index contributed by atoms with van der Waals surface area (Å²) in [6.07, 6.45) is -4.55. The number of thiophene rings is 1. The fourth-order valence-corrected chi connectivity index (χ4v) is 1.78. The molecule has 0 bridgehead atoms. The molecule has 2 aromatic rings. The van der Waals surface area contributed by atoms with Gasteiger partial charge in [-0.1, -0.05) is 0 Å². The second kappa shape index (κ2) is 2.81. The third-order valence-corrected chi connectivity index (χ3v) is 2.41. The molecule has 2 aromatic heterocycles. The van der Waals surface area contributed by atoms with Gasteiger partial charge in [-0.2, -0.15) is 13.2 Å². The molecule has 7 heteroatoms. The monoisotopic (exact) mass is 219 g/mol. The zero-order valence-electron chi connectivity index (χ0n) is 6.67. The highest BCUT2D eigenvalue weighted by molar-refractivity contribution is 7.16. The Bertz CT molecular complexity index is 476. The molecule has 2 heterocycles. The van der Waals surface area contributed by atoms with Crippen LogP contribution in [0.5, 0.6) is 0 Å². The van der Waals surface area contributed by atoms with Gasteiger partial charge >= 0.3 is 6.18 Å². The van der Waals surface area contributed by atoms with E-state index in [-0.39, 0.29) is 10.6 Å². The van der Waals surface area contributed by atoms with Crippen LogP contribution < -0.4 is 5.73 Å². The molecule has 0 atom stereocenters. The Morgan fingerprint density at radius 1 is 1.29 bits per heavy atom. The molecule has 0 aliphatic rings. The number of nitrogen functional groups attached to an aromatic ring is 1. The van der Waals surface area contributed by atoms with Crippen LogP contribution >= 0.6 is 11.3 Å². The van der Waals surface area contributed by atoms with Gasteiger partial charge in [0.15, 0.2) is 0 Å². The van der Waals surface area contributed by atoms with Crippen molar-refractivity contribution >= 4 is 27.4 Å². The summed E-state index contributed by atoms with van der Waals surface area (Å²) >= 11 is 1.10. The van der Waals surface area contributed by atoms with Crippen LogP contribution in [0, 0.1) is 0 Å². The zero-order chi connectivity index (χ0) is 10.3.